The second kappa shape index (κ2) is 5.48. The van der Waals surface area contributed by atoms with E-state index < -0.39 is 0 Å². The molecule has 1 heterocycles. The first-order valence-corrected chi connectivity index (χ1v) is 6.33. The molecule has 1 atom stereocenters. The average molecular weight is 264 g/mol. The predicted molar refractivity (Wildman–Crippen MR) is 73.8 cm³/mol. The number of hydrogen-bond acceptors (Lipinski definition) is 4. The van der Waals surface area contributed by atoms with E-state index in [2.05, 4.69) is 0 Å². The maximum atomic E-state index is 12.0. The summed E-state index contributed by atoms with van der Waals surface area (Å²) < 4.78 is 10.5. The number of amides is 1. The van der Waals surface area contributed by atoms with Crippen LogP contribution in [-0.2, 0) is 4.79 Å². The highest BCUT2D eigenvalue weighted by molar-refractivity contribution is 5.96. The smallest absolute Gasteiger partial charge is 0.227 e. The van der Waals surface area contributed by atoms with E-state index >= 15 is 0 Å². The molecule has 0 bridgehead atoms. The number of anilines is 1. The molecule has 104 valence electrons. The lowest BCUT2D eigenvalue weighted by atomic mass is 10.1. The Morgan fingerprint density at radius 1 is 1.32 bits per heavy atom. The Hall–Kier alpha value is -1.75. The summed E-state index contributed by atoms with van der Waals surface area (Å²) in [6.07, 6.45) is 0.518. The van der Waals surface area contributed by atoms with Gasteiger partial charge in [0.15, 0.2) is 11.5 Å². The molecule has 1 aliphatic heterocycles. The quantitative estimate of drug-likeness (QED) is 0.891. The molecule has 1 amide bonds. The number of benzene rings is 1. The van der Waals surface area contributed by atoms with E-state index in [1.54, 1.807) is 19.1 Å². The summed E-state index contributed by atoms with van der Waals surface area (Å²) in [6, 6.07) is 3.74. The van der Waals surface area contributed by atoms with E-state index in [0.717, 1.165) is 11.3 Å². The van der Waals surface area contributed by atoms with E-state index in [0.29, 0.717) is 31.0 Å². The summed E-state index contributed by atoms with van der Waals surface area (Å²) in [4.78, 5) is 13.8. The summed E-state index contributed by atoms with van der Waals surface area (Å²) >= 11 is 0. The predicted octanol–water partition coefficient (Wildman–Crippen LogP) is 1.32. The van der Waals surface area contributed by atoms with E-state index in [-0.39, 0.29) is 11.8 Å². The molecular formula is C14H20N2O3. The Labute approximate surface area is 113 Å². The van der Waals surface area contributed by atoms with Crippen LogP contribution in [0.5, 0.6) is 11.5 Å². The summed E-state index contributed by atoms with van der Waals surface area (Å²) in [6.45, 7) is 3.17. The highest BCUT2D eigenvalue weighted by Crippen LogP contribution is 2.36. The van der Waals surface area contributed by atoms with Crippen molar-refractivity contribution in [3.63, 3.8) is 0 Å². The highest BCUT2D eigenvalue weighted by Gasteiger charge is 2.31. The van der Waals surface area contributed by atoms with E-state index in [9.17, 15) is 4.79 Å². The molecule has 1 aromatic carbocycles. The summed E-state index contributed by atoms with van der Waals surface area (Å²) in [5, 5.41) is 0. The molecule has 0 aromatic heterocycles. The molecule has 1 fully saturated rings. The Morgan fingerprint density at radius 3 is 2.47 bits per heavy atom. The summed E-state index contributed by atoms with van der Waals surface area (Å²) in [5.41, 5.74) is 7.52. The van der Waals surface area contributed by atoms with Crippen molar-refractivity contribution in [2.24, 2.45) is 11.7 Å². The third-order valence-electron chi connectivity index (χ3n) is 3.53. The van der Waals surface area contributed by atoms with Crippen molar-refractivity contribution in [3.05, 3.63) is 17.7 Å². The lowest BCUT2D eigenvalue weighted by Gasteiger charge is -2.21. The number of rotatable bonds is 4. The van der Waals surface area contributed by atoms with Gasteiger partial charge < -0.3 is 20.1 Å². The molecule has 5 nitrogen and oxygen atoms in total. The fraction of sp³-hybridized carbons (Fsp3) is 0.500. The normalized spacial score (nSPS) is 18.8. The molecule has 0 radical (unpaired) electrons. The van der Waals surface area contributed by atoms with Crippen molar-refractivity contribution in [3.8, 4) is 11.5 Å². The van der Waals surface area contributed by atoms with Crippen LogP contribution in [0.4, 0.5) is 5.69 Å². The number of ether oxygens (including phenoxy) is 2. The van der Waals surface area contributed by atoms with E-state index in [1.165, 1.54) is 0 Å². The Balaban J connectivity index is 2.37. The first kappa shape index (κ1) is 13.7. The van der Waals surface area contributed by atoms with Gasteiger partial charge in [-0.3, -0.25) is 4.79 Å². The average Bonchev–Trinajstić information content (AvgIpc) is 2.79. The third-order valence-corrected chi connectivity index (χ3v) is 3.53. The molecule has 0 spiro atoms. The minimum atomic E-state index is 0.116. The molecule has 2 N–H and O–H groups in total. The van der Waals surface area contributed by atoms with Gasteiger partial charge in [0.1, 0.15) is 0 Å². The van der Waals surface area contributed by atoms with Crippen LogP contribution < -0.4 is 20.1 Å². The van der Waals surface area contributed by atoms with Gasteiger partial charge >= 0.3 is 0 Å². The van der Waals surface area contributed by atoms with E-state index in [1.807, 2.05) is 19.1 Å². The van der Waals surface area contributed by atoms with Crippen LogP contribution in [-0.4, -0.2) is 33.2 Å². The van der Waals surface area contributed by atoms with Gasteiger partial charge in [-0.15, -0.1) is 0 Å². The van der Waals surface area contributed by atoms with E-state index in [4.69, 9.17) is 15.2 Å². The van der Waals surface area contributed by atoms with Crippen LogP contribution in [0.2, 0.25) is 0 Å². The Morgan fingerprint density at radius 2 is 1.95 bits per heavy atom. The number of carbonyl (C=O) groups is 1. The first-order valence-electron chi connectivity index (χ1n) is 6.33. The van der Waals surface area contributed by atoms with Gasteiger partial charge in [-0.25, -0.2) is 0 Å². The highest BCUT2D eigenvalue weighted by atomic mass is 16.5. The van der Waals surface area contributed by atoms with Gasteiger partial charge in [0.25, 0.3) is 0 Å². The van der Waals surface area contributed by atoms with Crippen molar-refractivity contribution in [2.75, 3.05) is 32.2 Å². The fourth-order valence-corrected chi connectivity index (χ4v) is 2.43. The minimum Gasteiger partial charge on any atom is -0.493 e. The Kier molecular flexibility index (Phi) is 3.95. The fourth-order valence-electron chi connectivity index (χ4n) is 2.43. The van der Waals surface area contributed by atoms with Crippen LogP contribution >= 0.6 is 0 Å². The number of aryl methyl sites for hydroxylation is 1. The van der Waals surface area contributed by atoms with Gasteiger partial charge in [-0.2, -0.15) is 0 Å². The molecule has 1 saturated heterocycles. The van der Waals surface area contributed by atoms with Crippen LogP contribution in [0.25, 0.3) is 0 Å². The standard InChI is InChI=1S/C14H20N2O3/c1-9-4-12(18-2)13(19-3)6-11(9)16-8-10(7-15)5-14(16)17/h4,6,10H,5,7-8,15H2,1-3H3. The molecule has 1 aromatic rings. The van der Waals surface area contributed by atoms with Crippen molar-refractivity contribution in [1.82, 2.24) is 0 Å². The molecule has 2 rings (SSSR count). The van der Waals surface area contributed by atoms with Gasteiger partial charge in [-0.05, 0) is 31.0 Å². The van der Waals surface area contributed by atoms with Crippen molar-refractivity contribution < 1.29 is 14.3 Å². The third kappa shape index (κ3) is 2.51. The number of methoxy groups -OCH3 is 2. The summed E-state index contributed by atoms with van der Waals surface area (Å²) in [7, 11) is 3.19. The molecule has 5 heteroatoms. The molecule has 1 unspecified atom stereocenters. The maximum absolute atomic E-state index is 12.0. The van der Waals surface area contributed by atoms with Crippen molar-refractivity contribution in [2.45, 2.75) is 13.3 Å². The van der Waals surface area contributed by atoms with Crippen molar-refractivity contribution in [1.29, 1.82) is 0 Å². The topological polar surface area (TPSA) is 64.8 Å². The van der Waals surface area contributed by atoms with Crippen LogP contribution in [0.1, 0.15) is 12.0 Å². The summed E-state index contributed by atoms with van der Waals surface area (Å²) in [5.74, 6) is 1.66. The van der Waals surface area contributed by atoms with Crippen LogP contribution in [0, 0.1) is 12.8 Å². The molecule has 0 saturated carbocycles. The number of carbonyl (C=O) groups excluding carboxylic acids is 1. The molecule has 1 aliphatic rings. The zero-order chi connectivity index (χ0) is 14.0. The largest absolute Gasteiger partial charge is 0.493 e. The lowest BCUT2D eigenvalue weighted by molar-refractivity contribution is -0.117. The van der Waals surface area contributed by atoms with Crippen LogP contribution in [0.3, 0.4) is 0 Å². The van der Waals surface area contributed by atoms with Gasteiger partial charge in [0.2, 0.25) is 5.91 Å². The lowest BCUT2D eigenvalue weighted by Crippen LogP contribution is -2.26. The van der Waals surface area contributed by atoms with Crippen molar-refractivity contribution >= 4 is 11.6 Å². The molecule has 0 aliphatic carbocycles. The molecular weight excluding hydrogens is 244 g/mol. The zero-order valence-electron chi connectivity index (χ0n) is 11.6. The number of hydrogen-bond donors (Lipinski definition) is 1. The van der Waals surface area contributed by atoms with Gasteiger partial charge in [0, 0.05) is 19.0 Å². The number of nitrogens with zero attached hydrogens (tertiary/aromatic N) is 1. The zero-order valence-corrected chi connectivity index (χ0v) is 11.6. The number of nitrogens with two attached hydrogens (primary N) is 1. The monoisotopic (exact) mass is 264 g/mol. The molecule has 19 heavy (non-hydrogen) atoms. The maximum Gasteiger partial charge on any atom is 0.227 e. The second-order valence-electron chi connectivity index (χ2n) is 4.80. The minimum absolute atomic E-state index is 0.116. The Bertz CT molecular complexity index is 488. The van der Waals surface area contributed by atoms with Crippen LogP contribution in [0.15, 0.2) is 12.1 Å². The SMILES string of the molecule is COc1cc(C)c(N2CC(CN)CC2=O)cc1OC. The van der Waals surface area contributed by atoms with Gasteiger partial charge in [0.05, 0.1) is 19.9 Å². The second-order valence-corrected chi connectivity index (χ2v) is 4.80. The van der Waals surface area contributed by atoms with Gasteiger partial charge in [-0.1, -0.05) is 0 Å². The first-order chi connectivity index (χ1) is 9.10.